The molecule has 1 aliphatic heterocycles. The van der Waals surface area contributed by atoms with Crippen LogP contribution < -0.4 is 58.3 Å². The molecule has 1 fully saturated rings. The summed E-state index contributed by atoms with van der Waals surface area (Å²) in [5.74, 6) is -15.6. The number of carboxylic acids is 2. The van der Waals surface area contributed by atoms with Crippen molar-refractivity contribution in [2.75, 3.05) is 20.2 Å². The van der Waals surface area contributed by atoms with Gasteiger partial charge >= 0.3 is 11.9 Å². The van der Waals surface area contributed by atoms with Crippen LogP contribution in [-0.4, -0.2) is 224 Å². The Morgan fingerprint density at radius 1 is 0.638 bits per heavy atom. The molecule has 18 N–H and O–H groups in total. The Balaban J connectivity index is 0.988. The Kier molecular flexibility index (Phi) is 31.2. The fraction of sp³-hybridized carbons (Fsp3) is 0.400. The van der Waals surface area contributed by atoms with Gasteiger partial charge in [-0.15, -0.1) is 0 Å². The van der Waals surface area contributed by atoms with Crippen molar-refractivity contribution in [1.82, 2.24) is 77.7 Å². The van der Waals surface area contributed by atoms with Crippen molar-refractivity contribution < 1.29 is 97.0 Å². The highest BCUT2D eigenvalue weighted by atomic mass is 19.1. The number of ether oxygens (including phenoxy) is 1. The summed E-state index contributed by atoms with van der Waals surface area (Å²) in [6, 6.07) is 15.8. The summed E-state index contributed by atoms with van der Waals surface area (Å²) >= 11 is 0. The van der Waals surface area contributed by atoms with Gasteiger partial charge < -0.3 is 98.7 Å². The molecule has 1 aliphatic rings. The number of aromatic nitrogens is 5. The number of nitrogens with two attached hydrogens (primary N) is 1. The molecule has 12 atom stereocenters. The topological polar surface area (TPSA) is 540 Å². The number of amides is 11. The zero-order valence-electron chi connectivity index (χ0n) is 64.9. The van der Waals surface area contributed by atoms with Crippen molar-refractivity contribution in [3.63, 3.8) is 0 Å². The van der Waals surface area contributed by atoms with E-state index in [1.165, 1.54) is 56.4 Å². The number of pyridine rings is 1. The van der Waals surface area contributed by atoms with Gasteiger partial charge in [-0.25, -0.2) is 14.4 Å². The first-order chi connectivity index (χ1) is 55.1. The van der Waals surface area contributed by atoms with Crippen LogP contribution in [0.1, 0.15) is 106 Å². The summed E-state index contributed by atoms with van der Waals surface area (Å²) < 4.78 is 21.1. The van der Waals surface area contributed by atoms with E-state index in [2.05, 4.69) is 72.8 Å². The van der Waals surface area contributed by atoms with E-state index in [1.807, 2.05) is 50.2 Å². The molecule has 8 rings (SSSR count). The lowest BCUT2D eigenvalue weighted by Crippen LogP contribution is -2.67. The van der Waals surface area contributed by atoms with Crippen molar-refractivity contribution >= 4 is 76.9 Å². The van der Waals surface area contributed by atoms with Crippen LogP contribution in [-0.2, 0) is 101 Å². The van der Waals surface area contributed by atoms with E-state index >= 15 is 4.39 Å². The molecule has 0 bridgehead atoms. The molecular formula is C80H97FN16O19. The van der Waals surface area contributed by atoms with Crippen molar-refractivity contribution in [2.45, 2.75) is 184 Å². The van der Waals surface area contributed by atoms with Gasteiger partial charge in [0, 0.05) is 69.2 Å². The number of methoxy groups -OCH3 is 1. The smallest absolute Gasteiger partial charge is 0.305 e. The fourth-order valence-electron chi connectivity index (χ4n) is 13.3. The number of aliphatic hydroxyl groups excluding tert-OH is 3. The van der Waals surface area contributed by atoms with Crippen LogP contribution in [0, 0.1) is 12.7 Å². The SMILES string of the molecule is CCc1cc(OC)ccc1-c1ccc(C[C@H](NC(=O)[C@H](CC(=O)O)NC(=O)[C@H](Cc2c[nH]cn2)NC(=O)[C@@H](NC(=O)C(C)(Cc2ccccc2F)NC(=O)[C@@H](NC(=O)CNC(=O)[C@H](CCC(=O)O)NC(=O)C2(C)CCCN2C(=O)[C@@H](O)Cc2c[nH]cn2)[C@@H](C)O)[C@@H](C)O)C(=O)N[C@@H](Cc2ccc(-c3ccccc3C)nc2)C(N)=O)cc1. The molecule has 4 heterocycles. The van der Waals surface area contributed by atoms with Gasteiger partial charge in [0.1, 0.15) is 71.0 Å². The largest absolute Gasteiger partial charge is 0.497 e. The number of halogens is 1. The van der Waals surface area contributed by atoms with Gasteiger partial charge in [0.15, 0.2) is 0 Å². The van der Waals surface area contributed by atoms with Crippen LogP contribution in [0.15, 0.2) is 134 Å². The van der Waals surface area contributed by atoms with E-state index in [0.29, 0.717) is 41.1 Å². The third-order valence-corrected chi connectivity index (χ3v) is 19.9. The number of aliphatic hydroxyl groups is 3. The van der Waals surface area contributed by atoms with E-state index < -0.39 is 193 Å². The second-order valence-electron chi connectivity index (χ2n) is 28.7. The van der Waals surface area contributed by atoms with Crippen LogP contribution >= 0.6 is 0 Å². The number of aryl methyl sites for hydroxylation is 2. The standard InChI is InChI=1S/C80H97FN16O19/c1-8-48-32-53(116-7)23-24-55(48)49-21-18-46(19-22-49)30-60(71(108)89-59(69(82)106)31-47-20-25-57(85-37-47)54-16-11-9-14-43(54)2)90-73(110)62(35-66(104)105)91-72(109)61(33-51-38-83-41-87-51)92-74(111)67(44(3)98)95-77(114)79(5,36-50-15-10-12-17-56(50)81)96-75(112)68(45(4)99)94-64(101)40-86-70(107)58(26-27-65(102)103)93-78(115)80(6)28-13-29-97(80)76(113)63(100)34-52-39-84-42-88-52/h9-12,14-25,32,37-39,41-42,44-45,58-63,67-68,98-100H,8,13,26-31,33-36,40H2,1-7H3,(H2,82,106)(H,83,87)(H,84,88)(H,86,107)(H,89,108)(H,90,110)(H,91,109)(H,92,111)(H,93,115)(H,94,101)(H,95,114)(H,96,112)(H,102,103)(H,104,105)/t44-,45-,58+,59+,60+,61+,62+,63+,67+,68+,79?,80?/m1/s1. The molecule has 3 aromatic heterocycles. The molecule has 11 amide bonds. The van der Waals surface area contributed by atoms with Gasteiger partial charge in [0.25, 0.3) is 5.91 Å². The third kappa shape index (κ3) is 24.1. The number of nitrogens with zero attached hydrogens (tertiary/aromatic N) is 4. The number of carboxylic acid groups (broad SMARTS) is 2. The minimum absolute atomic E-state index is 0.0394. The summed E-state index contributed by atoms with van der Waals surface area (Å²) in [5.41, 5.74) is 8.11. The third-order valence-electron chi connectivity index (χ3n) is 19.9. The molecule has 0 aliphatic carbocycles. The maximum absolute atomic E-state index is 15.7. The van der Waals surface area contributed by atoms with Gasteiger partial charge in [0.2, 0.25) is 59.1 Å². The number of H-pyrrole nitrogens is 2. The van der Waals surface area contributed by atoms with E-state index in [9.17, 15) is 87.9 Å². The van der Waals surface area contributed by atoms with Crippen LogP contribution in [0.5, 0.6) is 5.75 Å². The van der Waals surface area contributed by atoms with Gasteiger partial charge in [-0.3, -0.25) is 67.3 Å². The minimum Gasteiger partial charge on any atom is -0.497 e. The predicted molar refractivity (Wildman–Crippen MR) is 414 cm³/mol. The van der Waals surface area contributed by atoms with Crippen molar-refractivity contribution in [1.29, 1.82) is 0 Å². The average Bonchev–Trinajstić information content (AvgIpc) is 1.61. The summed E-state index contributed by atoms with van der Waals surface area (Å²) in [7, 11) is 1.55. The average molecular weight is 1610 g/mol. The molecule has 116 heavy (non-hydrogen) atoms. The zero-order valence-corrected chi connectivity index (χ0v) is 64.9. The Morgan fingerprint density at radius 3 is 1.83 bits per heavy atom. The van der Waals surface area contributed by atoms with E-state index in [4.69, 9.17) is 10.5 Å². The van der Waals surface area contributed by atoms with Gasteiger partial charge in [-0.2, -0.15) is 0 Å². The Labute approximate surface area is 666 Å². The molecular weight excluding hydrogens is 1510 g/mol. The van der Waals surface area contributed by atoms with Gasteiger partial charge in [-0.05, 0) is 124 Å². The maximum Gasteiger partial charge on any atom is 0.305 e. The second-order valence-corrected chi connectivity index (χ2v) is 28.7. The molecule has 7 aromatic rings. The molecule has 4 aromatic carbocycles. The molecule has 1 saturated heterocycles. The van der Waals surface area contributed by atoms with Crippen molar-refractivity contribution in [2.24, 2.45) is 5.73 Å². The van der Waals surface area contributed by atoms with Gasteiger partial charge in [-0.1, -0.05) is 85.8 Å². The Bertz CT molecular complexity index is 4670. The number of hydrogen-bond donors (Lipinski definition) is 17. The minimum atomic E-state index is -2.42. The highest BCUT2D eigenvalue weighted by molar-refractivity contribution is 6.01. The summed E-state index contributed by atoms with van der Waals surface area (Å²) in [6.45, 7) is 7.52. The highest BCUT2D eigenvalue weighted by Gasteiger charge is 2.49. The van der Waals surface area contributed by atoms with E-state index in [-0.39, 0.29) is 43.5 Å². The molecule has 35 nitrogen and oxygen atoms in total. The number of aliphatic carboxylic acids is 2. The predicted octanol–water partition coefficient (Wildman–Crippen LogP) is 0.107. The normalized spacial score (nSPS) is 16.2. The number of rotatable bonds is 41. The number of imidazole rings is 2. The Morgan fingerprint density at radius 2 is 1.23 bits per heavy atom. The van der Waals surface area contributed by atoms with Crippen LogP contribution in [0.25, 0.3) is 22.4 Å². The number of nitrogens with one attached hydrogen (secondary N) is 11. The molecule has 0 spiro atoms. The van der Waals surface area contributed by atoms with Crippen LogP contribution in [0.3, 0.4) is 0 Å². The lowest BCUT2D eigenvalue weighted by Gasteiger charge is -2.36. The number of likely N-dealkylation sites (tertiary alicyclic amines) is 1. The lowest BCUT2D eigenvalue weighted by molar-refractivity contribution is -0.151. The first kappa shape index (κ1) is 88.7. The molecule has 36 heteroatoms. The van der Waals surface area contributed by atoms with Gasteiger partial charge in [0.05, 0.1) is 62.0 Å². The number of primary amides is 1. The zero-order chi connectivity index (χ0) is 84.7. The van der Waals surface area contributed by atoms with Crippen molar-refractivity contribution in [3.8, 4) is 28.1 Å². The Hall–Kier alpha value is -12.8. The number of benzene rings is 4. The first-order valence-electron chi connectivity index (χ1n) is 37.4. The number of hydrogen-bond acceptors (Lipinski definition) is 20. The number of aromatic amines is 2. The fourth-order valence-corrected chi connectivity index (χ4v) is 13.3. The second kappa shape index (κ2) is 40.8. The molecule has 618 valence electrons. The van der Waals surface area contributed by atoms with Crippen molar-refractivity contribution in [3.05, 3.63) is 179 Å². The molecule has 0 saturated carbocycles. The van der Waals surface area contributed by atoms with E-state index in [0.717, 1.165) is 59.6 Å². The number of carbonyl (C=O) groups excluding carboxylic acids is 11. The van der Waals surface area contributed by atoms with Crippen LogP contribution in [0.2, 0.25) is 0 Å². The highest BCUT2D eigenvalue weighted by Crippen LogP contribution is 2.32. The summed E-state index contributed by atoms with van der Waals surface area (Å²) in [4.78, 5) is 200. The number of carbonyl (C=O) groups is 13. The monoisotopic (exact) mass is 1600 g/mol. The summed E-state index contributed by atoms with van der Waals surface area (Å²) in [6.07, 6.45) is -1.67. The van der Waals surface area contributed by atoms with Crippen LogP contribution in [0.4, 0.5) is 4.39 Å². The molecule has 0 radical (unpaired) electrons. The summed E-state index contributed by atoms with van der Waals surface area (Å²) in [5, 5.41) is 74.6. The molecule has 2 unspecified atom stereocenters. The lowest BCUT2D eigenvalue weighted by atomic mass is 9.90. The maximum atomic E-state index is 15.7. The quantitative estimate of drug-likeness (QED) is 0.0242. The first-order valence-corrected chi connectivity index (χ1v) is 37.4. The van der Waals surface area contributed by atoms with E-state index in [1.54, 1.807) is 49.6 Å².